The van der Waals surface area contributed by atoms with Gasteiger partial charge >= 0.3 is 5.97 Å². The lowest BCUT2D eigenvalue weighted by atomic mass is 10.0. The maximum atomic E-state index is 11.1. The van der Waals surface area contributed by atoms with Crippen LogP contribution in [0.15, 0.2) is 24.3 Å². The van der Waals surface area contributed by atoms with Gasteiger partial charge in [-0.05, 0) is 31.0 Å². The summed E-state index contributed by atoms with van der Waals surface area (Å²) in [5.41, 5.74) is 1.72. The van der Waals surface area contributed by atoms with Crippen LogP contribution in [0, 0.1) is 6.92 Å². The van der Waals surface area contributed by atoms with Gasteiger partial charge in [0.15, 0.2) is 0 Å². The van der Waals surface area contributed by atoms with Gasteiger partial charge < -0.3 is 15.5 Å². The van der Waals surface area contributed by atoms with E-state index in [4.69, 9.17) is 10.2 Å². The summed E-state index contributed by atoms with van der Waals surface area (Å²) in [4.78, 5) is 11.1. The number of hydrogen-bond donors (Lipinski definition) is 3. The van der Waals surface area contributed by atoms with Crippen molar-refractivity contribution in [3.63, 3.8) is 0 Å². The van der Waals surface area contributed by atoms with Gasteiger partial charge in [0.1, 0.15) is 6.04 Å². The Kier molecular flexibility index (Phi) is 4.95. The third-order valence-electron chi connectivity index (χ3n) is 2.43. The number of aryl methyl sites for hydroxylation is 1. The molecule has 4 nitrogen and oxygen atoms in total. The number of carbonyl (C=O) groups is 1. The van der Waals surface area contributed by atoms with Crippen LogP contribution in [0.1, 0.15) is 23.6 Å². The number of aliphatic hydroxyl groups is 1. The molecular formula is C12H17NO3. The fourth-order valence-electron chi connectivity index (χ4n) is 1.57. The average molecular weight is 223 g/mol. The lowest BCUT2D eigenvalue weighted by Crippen LogP contribution is -2.30. The van der Waals surface area contributed by atoms with Crippen molar-refractivity contribution in [2.75, 3.05) is 13.2 Å². The van der Waals surface area contributed by atoms with Crippen molar-refractivity contribution in [3.8, 4) is 0 Å². The van der Waals surface area contributed by atoms with Gasteiger partial charge in [-0.2, -0.15) is 0 Å². The summed E-state index contributed by atoms with van der Waals surface area (Å²) in [6.07, 6.45) is 0.551. The molecule has 1 aromatic rings. The second-order valence-electron chi connectivity index (χ2n) is 3.66. The van der Waals surface area contributed by atoms with Gasteiger partial charge in [-0.15, -0.1) is 0 Å². The monoisotopic (exact) mass is 223 g/mol. The van der Waals surface area contributed by atoms with Crippen molar-refractivity contribution in [1.82, 2.24) is 5.32 Å². The molecular weight excluding hydrogens is 206 g/mol. The van der Waals surface area contributed by atoms with E-state index in [9.17, 15) is 4.79 Å². The standard InChI is InChI=1S/C12H17NO3/c1-9-5-2-3-6-10(9)11(12(15)16)13-7-4-8-14/h2-3,5-6,11,13-14H,4,7-8H2,1H3,(H,15,16). The molecule has 0 aromatic heterocycles. The SMILES string of the molecule is Cc1ccccc1C(NCCCO)C(=O)O. The van der Waals surface area contributed by atoms with E-state index in [2.05, 4.69) is 5.32 Å². The van der Waals surface area contributed by atoms with E-state index < -0.39 is 12.0 Å². The van der Waals surface area contributed by atoms with E-state index in [1.807, 2.05) is 25.1 Å². The lowest BCUT2D eigenvalue weighted by Gasteiger charge is -2.16. The third-order valence-corrected chi connectivity index (χ3v) is 2.43. The molecule has 1 aromatic carbocycles. The van der Waals surface area contributed by atoms with Gasteiger partial charge in [0.05, 0.1) is 0 Å². The van der Waals surface area contributed by atoms with E-state index in [0.29, 0.717) is 13.0 Å². The minimum Gasteiger partial charge on any atom is -0.480 e. The molecule has 0 aliphatic carbocycles. The zero-order valence-electron chi connectivity index (χ0n) is 9.31. The van der Waals surface area contributed by atoms with E-state index in [1.165, 1.54) is 0 Å². The van der Waals surface area contributed by atoms with Crippen molar-refractivity contribution in [2.24, 2.45) is 0 Å². The molecule has 0 aliphatic rings. The van der Waals surface area contributed by atoms with Crippen molar-refractivity contribution < 1.29 is 15.0 Å². The number of benzene rings is 1. The Labute approximate surface area is 94.9 Å². The summed E-state index contributed by atoms with van der Waals surface area (Å²) in [6, 6.07) is 6.70. The highest BCUT2D eigenvalue weighted by atomic mass is 16.4. The number of aliphatic carboxylic acids is 1. The first-order chi connectivity index (χ1) is 7.66. The minimum absolute atomic E-state index is 0.0626. The number of nitrogens with one attached hydrogen (secondary N) is 1. The number of hydrogen-bond acceptors (Lipinski definition) is 3. The van der Waals surface area contributed by atoms with Crippen LogP contribution in [0.3, 0.4) is 0 Å². The first-order valence-corrected chi connectivity index (χ1v) is 5.29. The van der Waals surface area contributed by atoms with Crippen LogP contribution >= 0.6 is 0 Å². The van der Waals surface area contributed by atoms with Crippen LogP contribution in [0.5, 0.6) is 0 Å². The summed E-state index contributed by atoms with van der Waals surface area (Å²) < 4.78 is 0. The number of carboxylic acids is 1. The third kappa shape index (κ3) is 3.32. The highest BCUT2D eigenvalue weighted by Gasteiger charge is 2.19. The van der Waals surface area contributed by atoms with Gasteiger partial charge in [0, 0.05) is 6.61 Å². The van der Waals surface area contributed by atoms with Gasteiger partial charge in [-0.25, -0.2) is 0 Å². The van der Waals surface area contributed by atoms with Crippen LogP contribution < -0.4 is 5.32 Å². The summed E-state index contributed by atoms with van der Waals surface area (Å²) >= 11 is 0. The molecule has 0 saturated carbocycles. The Bertz CT molecular complexity index is 352. The number of rotatable bonds is 6. The molecule has 0 fully saturated rings. The second kappa shape index (κ2) is 6.25. The zero-order chi connectivity index (χ0) is 12.0. The van der Waals surface area contributed by atoms with Gasteiger partial charge in [-0.3, -0.25) is 4.79 Å². The molecule has 1 rings (SSSR count). The van der Waals surface area contributed by atoms with Crippen molar-refractivity contribution >= 4 is 5.97 Å². The molecule has 4 heteroatoms. The Balaban J connectivity index is 2.78. The van der Waals surface area contributed by atoms with Crippen LogP contribution in [-0.2, 0) is 4.79 Å². The number of carboxylic acid groups (broad SMARTS) is 1. The molecule has 0 bridgehead atoms. The first-order valence-electron chi connectivity index (χ1n) is 5.29. The summed E-state index contributed by atoms with van der Waals surface area (Å²) in [6.45, 7) is 2.44. The summed E-state index contributed by atoms with van der Waals surface area (Å²) in [5, 5.41) is 20.7. The molecule has 0 amide bonds. The topological polar surface area (TPSA) is 69.6 Å². The quantitative estimate of drug-likeness (QED) is 0.631. The molecule has 0 spiro atoms. The molecule has 16 heavy (non-hydrogen) atoms. The van der Waals surface area contributed by atoms with Crippen LogP contribution in [0.25, 0.3) is 0 Å². The van der Waals surface area contributed by atoms with E-state index in [1.54, 1.807) is 6.07 Å². The predicted molar refractivity (Wildman–Crippen MR) is 61.3 cm³/mol. The maximum absolute atomic E-state index is 11.1. The van der Waals surface area contributed by atoms with Gasteiger partial charge in [0.2, 0.25) is 0 Å². The van der Waals surface area contributed by atoms with Crippen molar-refractivity contribution in [1.29, 1.82) is 0 Å². The highest BCUT2D eigenvalue weighted by molar-refractivity contribution is 5.76. The number of aliphatic hydroxyl groups excluding tert-OH is 1. The maximum Gasteiger partial charge on any atom is 0.325 e. The van der Waals surface area contributed by atoms with E-state index in [-0.39, 0.29) is 6.61 Å². The average Bonchev–Trinajstić information content (AvgIpc) is 2.25. The Morgan fingerprint density at radius 2 is 2.12 bits per heavy atom. The second-order valence-corrected chi connectivity index (χ2v) is 3.66. The lowest BCUT2D eigenvalue weighted by molar-refractivity contribution is -0.139. The Hall–Kier alpha value is -1.39. The molecule has 0 heterocycles. The predicted octanol–water partition coefficient (Wildman–Crippen LogP) is 1.09. The molecule has 1 atom stereocenters. The Morgan fingerprint density at radius 3 is 2.69 bits per heavy atom. The van der Waals surface area contributed by atoms with E-state index in [0.717, 1.165) is 11.1 Å². The van der Waals surface area contributed by atoms with Crippen molar-refractivity contribution in [2.45, 2.75) is 19.4 Å². The molecule has 3 N–H and O–H groups in total. The normalized spacial score (nSPS) is 12.4. The molecule has 88 valence electrons. The highest BCUT2D eigenvalue weighted by Crippen LogP contribution is 2.17. The first kappa shape index (κ1) is 12.7. The van der Waals surface area contributed by atoms with Crippen LogP contribution in [0.2, 0.25) is 0 Å². The molecule has 0 saturated heterocycles. The molecule has 0 radical (unpaired) electrons. The largest absolute Gasteiger partial charge is 0.480 e. The minimum atomic E-state index is -0.896. The van der Waals surface area contributed by atoms with Gasteiger partial charge in [-0.1, -0.05) is 24.3 Å². The van der Waals surface area contributed by atoms with Crippen LogP contribution in [-0.4, -0.2) is 29.3 Å². The molecule has 1 unspecified atom stereocenters. The fourth-order valence-corrected chi connectivity index (χ4v) is 1.57. The van der Waals surface area contributed by atoms with Crippen LogP contribution in [0.4, 0.5) is 0 Å². The Morgan fingerprint density at radius 1 is 1.44 bits per heavy atom. The van der Waals surface area contributed by atoms with Crippen molar-refractivity contribution in [3.05, 3.63) is 35.4 Å². The van der Waals surface area contributed by atoms with Gasteiger partial charge in [0.25, 0.3) is 0 Å². The summed E-state index contributed by atoms with van der Waals surface area (Å²) in [7, 11) is 0. The summed E-state index contributed by atoms with van der Waals surface area (Å²) in [5.74, 6) is -0.896. The molecule has 0 aliphatic heterocycles. The van der Waals surface area contributed by atoms with E-state index >= 15 is 0 Å². The smallest absolute Gasteiger partial charge is 0.325 e. The zero-order valence-corrected chi connectivity index (χ0v) is 9.31. The fraction of sp³-hybridized carbons (Fsp3) is 0.417.